The maximum absolute atomic E-state index is 12.2. The minimum absolute atomic E-state index is 0. The van der Waals surface area contributed by atoms with E-state index < -0.39 is 17.1 Å². The monoisotopic (exact) mass is 2090 g/mol. The molecule has 0 unspecified atom stereocenters. The summed E-state index contributed by atoms with van der Waals surface area (Å²) in [5.74, 6) is 0.333. The molecule has 0 aliphatic heterocycles. The summed E-state index contributed by atoms with van der Waals surface area (Å²) < 4.78 is 10.3. The van der Waals surface area contributed by atoms with Gasteiger partial charge in [0.05, 0.1) is 0 Å². The molecule has 4 heterocycles. The molecule has 0 saturated heterocycles. The number of ketones is 2. The SMILES string of the molecule is C.C.C.CC.CC.CC.CC.CC.CC.CC.CC.CC(C)=O.CC(C)=O.CO.COC.Cc1[c-]cc(-n2c(=O)cc(C)[nH]c2=O)c(C)c1.Cc1[c-]cc(-n2c(=O)cc(C)[nH]c2=O)c(C)c1.Cc1[c-]cc(-n2c(=O)cc(C)[nH]c2=O)c(C)c1.Cc1[c-]cc(-n2c(=O)cc(C)n(C)c2=O)c(C)c1.Cc1ccccc1.[Y].[Y].[Y].[Y].[c-]1ccccc1.[c-]1ccccc1.[c-]1ccccc1. The summed E-state index contributed by atoms with van der Waals surface area (Å²) in [6, 6.07) is 79.7. The van der Waals surface area contributed by atoms with Crippen LogP contribution >= 0.6 is 0 Å². The second-order valence-electron chi connectivity index (χ2n) is 23.9. The fraction of sp³-hybridized carbons (Fsp3) is 0.377. The van der Waals surface area contributed by atoms with Crippen LogP contribution in [0.1, 0.15) is 234 Å². The van der Waals surface area contributed by atoms with E-state index in [-0.39, 0.29) is 193 Å². The van der Waals surface area contributed by atoms with Crippen LogP contribution in [0, 0.1) is 132 Å². The molecule has 130 heavy (non-hydrogen) atoms. The minimum atomic E-state index is -0.421. The summed E-state index contributed by atoms with van der Waals surface area (Å²) in [4.78, 5) is 122. The van der Waals surface area contributed by atoms with Crippen LogP contribution in [-0.2, 0) is 152 Å². The zero-order valence-corrected chi connectivity index (χ0v) is 94.8. The number of rotatable bonds is 4. The van der Waals surface area contributed by atoms with E-state index in [4.69, 9.17) is 5.11 Å². The summed E-state index contributed by atoms with van der Waals surface area (Å²) in [7, 11) is 5.90. The number of aromatic nitrogens is 8. The molecule has 0 aliphatic rings. The predicted octanol–water partition coefficient (Wildman–Crippen LogP) is 22.6. The van der Waals surface area contributed by atoms with E-state index in [0.717, 1.165) is 65.3 Å². The third-order valence-corrected chi connectivity index (χ3v) is 13.6. The molecule has 24 heteroatoms. The summed E-state index contributed by atoms with van der Waals surface area (Å²) in [5, 5.41) is 7.00. The van der Waals surface area contributed by atoms with Gasteiger partial charge in [-0.1, -0.05) is 247 Å². The Bertz CT molecular complexity index is 4640. The van der Waals surface area contributed by atoms with Crippen LogP contribution in [0.2, 0.25) is 0 Å². The number of carbonyl (C=O) groups excluding carboxylic acids is 2. The van der Waals surface area contributed by atoms with Crippen molar-refractivity contribution in [2.45, 2.75) is 251 Å². The van der Waals surface area contributed by atoms with Crippen molar-refractivity contribution in [3.8, 4) is 22.7 Å². The van der Waals surface area contributed by atoms with Gasteiger partial charge >= 0.3 is 22.8 Å². The number of Topliss-reactive ketones (excluding diaryl/α,β-unsaturated/α-hetero) is 2. The molecule has 714 valence electrons. The largest absolute Gasteiger partial charge is 0.400 e. The van der Waals surface area contributed by atoms with Gasteiger partial charge in [-0.05, 0) is 62.3 Å². The molecular weight excluding hydrogens is 1930 g/mol. The standard InChI is InChI=1S/C14H15N2O2.3C13H13N2O2.C7H8.3C6H5.2C3H6O.C2H6O.8C2H6.CH4O.3CH4.4Y/c1-9-5-6-12(10(2)7-9)16-13(17)8-11(3)15(4)14(16)18;3*1-8-4-5-11(9(2)6-8)15-12(16)7-10(3)14-13(15)17;1-7-5-3-2-4-6-7;3*1-2-4-6-5-3-1;2*1-3(2)4;1-3-2;9*1-2;;;;;;;/h6-8H,1-4H3;3*5-7H,1-3H3,(H,14,17);2-6H,1H3;3*1-5H;2*1-2H3;1-2H3;8*1-2H3;2H,1H3;3*1H4;;;;/q4*-1;;3*-1;;;;;;;;;;;;;;;;;;;. The van der Waals surface area contributed by atoms with Crippen molar-refractivity contribution in [3.63, 3.8) is 0 Å². The number of H-pyrrole nitrogens is 3. The Hall–Kier alpha value is -7.84. The first-order valence-electron chi connectivity index (χ1n) is 41.5. The van der Waals surface area contributed by atoms with Gasteiger partial charge in [0.1, 0.15) is 11.6 Å². The van der Waals surface area contributed by atoms with Gasteiger partial charge in [-0.25, -0.2) is 19.2 Å². The molecule has 0 spiro atoms. The van der Waals surface area contributed by atoms with Crippen molar-refractivity contribution in [1.82, 2.24) is 37.8 Å². The molecule has 0 aliphatic carbocycles. The summed E-state index contributed by atoms with van der Waals surface area (Å²) in [6.07, 6.45) is 0. The van der Waals surface area contributed by atoms with Gasteiger partial charge in [0.2, 0.25) is 22.2 Å². The Morgan fingerprint density at radius 2 is 0.500 bits per heavy atom. The molecular formula is C106H159N8O12Y4-7. The van der Waals surface area contributed by atoms with Crippen LogP contribution in [0.4, 0.5) is 0 Å². The van der Waals surface area contributed by atoms with Gasteiger partial charge in [-0.2, -0.15) is 204 Å². The molecule has 4 radical (unpaired) electrons. The molecule has 4 N–H and O–H groups in total. The van der Waals surface area contributed by atoms with E-state index in [1.54, 1.807) is 73.2 Å². The zero-order valence-electron chi connectivity index (χ0n) is 83.5. The first-order chi connectivity index (χ1) is 58.6. The number of methoxy groups -OCH3 is 1. The van der Waals surface area contributed by atoms with Crippen molar-refractivity contribution in [1.29, 1.82) is 0 Å². The van der Waals surface area contributed by atoms with Crippen LogP contribution in [-0.4, -0.2) is 75.8 Å². The number of nitrogens with one attached hydrogen (secondary N) is 3. The fourth-order valence-corrected chi connectivity index (χ4v) is 8.94. The fourth-order valence-electron chi connectivity index (χ4n) is 8.94. The minimum Gasteiger partial charge on any atom is -0.400 e. The van der Waals surface area contributed by atoms with Crippen LogP contribution in [0.15, 0.2) is 232 Å². The second kappa shape index (κ2) is 102. The average molecular weight is 2090 g/mol. The van der Waals surface area contributed by atoms with Gasteiger partial charge in [0.25, 0.3) is 0 Å². The smallest absolute Gasteiger partial charge is 0.324 e. The van der Waals surface area contributed by atoms with E-state index in [1.165, 1.54) is 66.7 Å². The average Bonchev–Trinajstić information content (AvgIpc) is 0.404. The molecule has 12 aromatic rings. The quantitative estimate of drug-likeness (QED) is 0.120. The van der Waals surface area contributed by atoms with E-state index in [1.807, 2.05) is 300 Å². The summed E-state index contributed by atoms with van der Waals surface area (Å²) in [6.45, 7) is 62.1. The number of aromatic amines is 3. The Labute approximate surface area is 884 Å². The molecule has 12 rings (SSSR count). The first-order valence-corrected chi connectivity index (χ1v) is 41.5. The zero-order chi connectivity index (χ0) is 96.9. The number of hydrogen-bond donors (Lipinski definition) is 4. The molecule has 0 saturated carbocycles. The Morgan fingerprint density at radius 1 is 0.315 bits per heavy atom. The number of ether oxygens (including phenoxy) is 1. The Kier molecular flexibility index (Phi) is 122. The van der Waals surface area contributed by atoms with Crippen molar-refractivity contribution >= 4 is 11.6 Å². The van der Waals surface area contributed by atoms with Gasteiger partial charge in [-0.15, -0.1) is 22.3 Å². The molecule has 20 nitrogen and oxygen atoms in total. The van der Waals surface area contributed by atoms with Crippen molar-refractivity contribution < 1.29 is 150 Å². The van der Waals surface area contributed by atoms with E-state index in [2.05, 4.69) is 81.2 Å². The Morgan fingerprint density at radius 3 is 0.654 bits per heavy atom. The molecule has 0 amide bonds. The molecule has 4 aromatic heterocycles. The molecule has 0 atom stereocenters. The van der Waals surface area contributed by atoms with Crippen molar-refractivity contribution in [3.05, 3.63) is 393 Å². The number of nitrogens with zero attached hydrogens (tertiary/aromatic N) is 5. The van der Waals surface area contributed by atoms with Crippen LogP contribution in [0.3, 0.4) is 0 Å². The van der Waals surface area contributed by atoms with E-state index in [0.29, 0.717) is 45.5 Å². The third-order valence-electron chi connectivity index (χ3n) is 13.6. The molecule has 8 aromatic carbocycles. The molecule has 0 bridgehead atoms. The maximum atomic E-state index is 12.2. The summed E-state index contributed by atoms with van der Waals surface area (Å²) in [5.41, 5.74) is 10.5. The third kappa shape index (κ3) is 71.8. The second-order valence-corrected chi connectivity index (χ2v) is 23.9. The van der Waals surface area contributed by atoms with Crippen molar-refractivity contribution in [2.75, 3.05) is 21.3 Å². The van der Waals surface area contributed by atoms with E-state index in [9.17, 15) is 47.9 Å². The van der Waals surface area contributed by atoms with Gasteiger partial charge in [0.15, 0.2) is 0 Å². The number of hydrogen-bond acceptors (Lipinski definition) is 12. The first kappa shape index (κ1) is 156. The number of carbonyl (C=O) groups is 2. The number of aliphatic hydroxyl groups is 1. The van der Waals surface area contributed by atoms with Crippen LogP contribution < -0.4 is 45.0 Å². The van der Waals surface area contributed by atoms with Gasteiger partial charge < -0.3 is 39.0 Å². The van der Waals surface area contributed by atoms with Gasteiger partial charge in [-0.3, -0.25) is 37.4 Å². The van der Waals surface area contributed by atoms with Crippen LogP contribution in [0.5, 0.6) is 0 Å². The normalized spacial score (nSPS) is 8.14. The van der Waals surface area contributed by atoms with Gasteiger partial charge in [0, 0.05) is 206 Å². The predicted molar refractivity (Wildman–Crippen MR) is 539 cm³/mol. The number of benzene rings is 8. The molecule has 0 fully saturated rings. The topological polar surface area (TPSA) is 272 Å². The van der Waals surface area contributed by atoms with Crippen LogP contribution in [0.25, 0.3) is 22.7 Å². The number of aryl methyl sites for hydroxylation is 13. The Balaban J connectivity index is -0.0000000870. The summed E-state index contributed by atoms with van der Waals surface area (Å²) >= 11 is 0. The van der Waals surface area contributed by atoms with E-state index >= 15 is 0 Å². The maximum Gasteiger partial charge on any atom is 0.324 e. The number of aliphatic hydroxyl groups excluding tert-OH is 1. The van der Waals surface area contributed by atoms with Crippen molar-refractivity contribution in [2.24, 2.45) is 7.05 Å².